The molecule has 0 aliphatic rings. The monoisotopic (exact) mass is 350 g/mol. The largest absolute Gasteiger partial charge is 0.494 e. The van der Waals surface area contributed by atoms with Gasteiger partial charge in [0.25, 0.3) is 0 Å². The molecule has 5 heteroatoms. The molecule has 0 saturated heterocycles. The highest BCUT2D eigenvalue weighted by Gasteiger charge is 2.35. The summed E-state index contributed by atoms with van der Waals surface area (Å²) in [6.45, 7) is 0.500. The lowest BCUT2D eigenvalue weighted by Gasteiger charge is -2.09. The smallest absolute Gasteiger partial charge is 0.417 e. The van der Waals surface area contributed by atoms with Crippen LogP contribution in [0.25, 0.3) is 11.1 Å². The minimum atomic E-state index is -4.59. The summed E-state index contributed by atoms with van der Waals surface area (Å²) in [4.78, 5) is 0. The van der Waals surface area contributed by atoms with Crippen LogP contribution in [0.15, 0.2) is 66.7 Å². The zero-order chi connectivity index (χ0) is 18.1. The summed E-state index contributed by atoms with van der Waals surface area (Å²) in [5.74, 6) is 0.766. The van der Waals surface area contributed by atoms with Gasteiger partial charge >= 0.3 is 6.18 Å². The number of allylic oxidation sites excluding steroid dienone is 1. The Morgan fingerprint density at radius 2 is 1.56 bits per heavy atom. The maximum atomic E-state index is 12.1. The van der Waals surface area contributed by atoms with Crippen LogP contribution in [0.3, 0.4) is 0 Å². The molecule has 0 aliphatic heterocycles. The van der Waals surface area contributed by atoms with Crippen LogP contribution in [0.5, 0.6) is 5.75 Å². The molecule has 1 atom stereocenters. The first-order chi connectivity index (χ1) is 12.0. The number of benzene rings is 2. The summed E-state index contributed by atoms with van der Waals surface area (Å²) in [5.41, 5.74) is 2.25. The molecule has 25 heavy (non-hydrogen) atoms. The fourth-order valence-electron chi connectivity index (χ4n) is 2.26. The van der Waals surface area contributed by atoms with Crippen LogP contribution in [0.1, 0.15) is 19.3 Å². The molecule has 1 unspecified atom stereocenters. The number of aliphatic hydroxyl groups excluding tert-OH is 1. The molecule has 1 N–H and O–H groups in total. The van der Waals surface area contributed by atoms with Gasteiger partial charge in [-0.2, -0.15) is 13.2 Å². The first-order valence-electron chi connectivity index (χ1n) is 8.16. The number of rotatable bonds is 8. The molecule has 2 aromatic carbocycles. The first-order valence-corrected chi connectivity index (χ1v) is 8.16. The van der Waals surface area contributed by atoms with E-state index in [0.717, 1.165) is 29.4 Å². The molecule has 2 rings (SSSR count). The normalized spacial score (nSPS) is 13.1. The number of hydrogen-bond acceptors (Lipinski definition) is 2. The van der Waals surface area contributed by atoms with Crippen molar-refractivity contribution < 1.29 is 23.0 Å². The lowest BCUT2D eigenvalue weighted by atomic mass is 10.1. The van der Waals surface area contributed by atoms with E-state index >= 15 is 0 Å². The maximum absolute atomic E-state index is 12.1. The Labute approximate surface area is 145 Å². The van der Waals surface area contributed by atoms with Gasteiger partial charge in [0.05, 0.1) is 6.61 Å². The highest BCUT2D eigenvalue weighted by Crippen LogP contribution is 2.22. The average molecular weight is 350 g/mol. The Morgan fingerprint density at radius 3 is 2.20 bits per heavy atom. The predicted octanol–water partition coefficient (Wildman–Crippen LogP) is 5.38. The molecule has 2 nitrogen and oxygen atoms in total. The van der Waals surface area contributed by atoms with E-state index in [1.165, 1.54) is 6.08 Å². The lowest BCUT2D eigenvalue weighted by Crippen LogP contribution is -2.25. The molecule has 0 amide bonds. The number of hydrogen-bond donors (Lipinski definition) is 1. The third-order valence-electron chi connectivity index (χ3n) is 3.65. The van der Waals surface area contributed by atoms with Crippen LogP contribution >= 0.6 is 0 Å². The summed E-state index contributed by atoms with van der Waals surface area (Å²) in [6.07, 6.45) is -2.94. The minimum absolute atomic E-state index is 0.476. The van der Waals surface area contributed by atoms with E-state index in [-0.39, 0.29) is 0 Å². The van der Waals surface area contributed by atoms with Crippen molar-refractivity contribution in [2.45, 2.75) is 31.5 Å². The number of ether oxygens (including phenoxy) is 1. The molecule has 0 heterocycles. The average Bonchev–Trinajstić information content (AvgIpc) is 2.61. The Kier molecular flexibility index (Phi) is 7.07. The molecule has 134 valence electrons. The molecule has 0 radical (unpaired) electrons. The molecule has 0 bridgehead atoms. The van der Waals surface area contributed by atoms with E-state index < -0.39 is 12.3 Å². The second kappa shape index (κ2) is 9.28. The van der Waals surface area contributed by atoms with Gasteiger partial charge in [0.2, 0.25) is 0 Å². The van der Waals surface area contributed by atoms with E-state index in [2.05, 4.69) is 0 Å². The number of unbranched alkanes of at least 4 members (excludes halogenated alkanes) is 2. The van der Waals surface area contributed by atoms with Crippen molar-refractivity contribution in [3.63, 3.8) is 0 Å². The van der Waals surface area contributed by atoms with Gasteiger partial charge < -0.3 is 9.84 Å². The SMILES string of the molecule is OC(/C=C/CCCCOc1ccc(-c2ccccc2)cc1)C(F)(F)F. The van der Waals surface area contributed by atoms with Crippen LogP contribution in [0, 0.1) is 0 Å². The Morgan fingerprint density at radius 1 is 0.920 bits per heavy atom. The second-order valence-electron chi connectivity index (χ2n) is 5.65. The van der Waals surface area contributed by atoms with Gasteiger partial charge in [0, 0.05) is 0 Å². The third-order valence-corrected chi connectivity index (χ3v) is 3.65. The summed E-state index contributed by atoms with van der Waals surface area (Å²) >= 11 is 0. The van der Waals surface area contributed by atoms with E-state index in [1.807, 2.05) is 54.6 Å². The summed E-state index contributed by atoms with van der Waals surface area (Å²) in [7, 11) is 0. The topological polar surface area (TPSA) is 29.5 Å². The molecule has 0 saturated carbocycles. The van der Waals surface area contributed by atoms with Gasteiger partial charge in [-0.1, -0.05) is 54.6 Å². The van der Waals surface area contributed by atoms with Crippen molar-refractivity contribution in [3.05, 3.63) is 66.7 Å². The molecular formula is C20H21F3O2. The van der Waals surface area contributed by atoms with Crippen LogP contribution in [-0.2, 0) is 0 Å². The maximum Gasteiger partial charge on any atom is 0.417 e. The summed E-state index contributed by atoms with van der Waals surface area (Å²) < 4.78 is 41.9. The van der Waals surface area contributed by atoms with Crippen molar-refractivity contribution in [3.8, 4) is 16.9 Å². The van der Waals surface area contributed by atoms with Gasteiger partial charge in [-0.25, -0.2) is 0 Å². The zero-order valence-electron chi connectivity index (χ0n) is 13.7. The van der Waals surface area contributed by atoms with Crippen molar-refractivity contribution >= 4 is 0 Å². The van der Waals surface area contributed by atoms with Crippen LogP contribution in [-0.4, -0.2) is 24.0 Å². The lowest BCUT2D eigenvalue weighted by molar-refractivity contribution is -0.187. The van der Waals surface area contributed by atoms with E-state index in [9.17, 15) is 13.2 Å². The molecule has 0 aliphatic carbocycles. The second-order valence-corrected chi connectivity index (χ2v) is 5.65. The summed E-state index contributed by atoms with van der Waals surface area (Å²) in [6, 6.07) is 17.8. The molecule has 0 aromatic heterocycles. The fourth-order valence-corrected chi connectivity index (χ4v) is 2.26. The molecular weight excluding hydrogens is 329 g/mol. The highest BCUT2D eigenvalue weighted by atomic mass is 19.4. The summed E-state index contributed by atoms with van der Waals surface area (Å²) in [5, 5.41) is 8.81. The van der Waals surface area contributed by atoms with Crippen molar-refractivity contribution in [2.75, 3.05) is 6.61 Å². The van der Waals surface area contributed by atoms with E-state index in [0.29, 0.717) is 19.4 Å². The van der Waals surface area contributed by atoms with E-state index in [4.69, 9.17) is 9.84 Å². The minimum Gasteiger partial charge on any atom is -0.494 e. The van der Waals surface area contributed by atoms with Crippen molar-refractivity contribution in [2.24, 2.45) is 0 Å². The van der Waals surface area contributed by atoms with E-state index in [1.54, 1.807) is 0 Å². The predicted molar refractivity (Wildman–Crippen MR) is 92.4 cm³/mol. The number of halogens is 3. The van der Waals surface area contributed by atoms with Gasteiger partial charge in [0.1, 0.15) is 5.75 Å². The fraction of sp³-hybridized carbons (Fsp3) is 0.300. The molecule has 0 spiro atoms. The van der Waals surface area contributed by atoms with Gasteiger partial charge in [0.15, 0.2) is 6.10 Å². The molecule has 0 fully saturated rings. The van der Waals surface area contributed by atoms with Gasteiger partial charge in [-0.05, 0) is 42.5 Å². The Bertz CT molecular complexity index is 649. The number of alkyl halides is 3. The number of aliphatic hydroxyl groups is 1. The van der Waals surface area contributed by atoms with Crippen LogP contribution in [0.4, 0.5) is 13.2 Å². The third kappa shape index (κ3) is 6.63. The standard InChI is InChI=1S/C20H21F3O2/c21-20(22,23)19(24)10-6-1-2-7-15-25-18-13-11-17(12-14-18)16-8-4-3-5-9-16/h3-6,8-14,19,24H,1-2,7,15H2/b10-6+. The zero-order valence-corrected chi connectivity index (χ0v) is 13.7. The van der Waals surface area contributed by atoms with Crippen molar-refractivity contribution in [1.82, 2.24) is 0 Å². The highest BCUT2D eigenvalue weighted by molar-refractivity contribution is 5.63. The first kappa shape index (κ1) is 19.1. The van der Waals surface area contributed by atoms with Gasteiger partial charge in [-0.3, -0.25) is 0 Å². The molecule has 2 aromatic rings. The van der Waals surface area contributed by atoms with Crippen molar-refractivity contribution in [1.29, 1.82) is 0 Å². The van der Waals surface area contributed by atoms with Gasteiger partial charge in [-0.15, -0.1) is 0 Å². The Hall–Kier alpha value is -2.27. The van der Waals surface area contributed by atoms with Crippen LogP contribution < -0.4 is 4.74 Å². The Balaban J connectivity index is 1.66. The quantitative estimate of drug-likeness (QED) is 0.511. The van der Waals surface area contributed by atoms with Crippen LogP contribution in [0.2, 0.25) is 0 Å².